The largest absolute Gasteiger partial charge is 0.416 e. The highest BCUT2D eigenvalue weighted by molar-refractivity contribution is 5.76. The van der Waals surface area contributed by atoms with E-state index in [9.17, 15) is 23.1 Å². The second kappa shape index (κ2) is 9.20. The van der Waals surface area contributed by atoms with E-state index in [-0.39, 0.29) is 24.6 Å². The molecule has 1 aliphatic carbocycles. The van der Waals surface area contributed by atoms with Crippen molar-refractivity contribution < 1.29 is 23.1 Å². The summed E-state index contributed by atoms with van der Waals surface area (Å²) in [6.07, 6.45) is -1.77. The van der Waals surface area contributed by atoms with E-state index in [1.807, 2.05) is 24.3 Å². The highest BCUT2D eigenvalue weighted by Crippen LogP contribution is 2.30. The number of carbonyl (C=O) groups excluding carboxylic acids is 1. The van der Waals surface area contributed by atoms with Crippen LogP contribution in [0.3, 0.4) is 0 Å². The minimum atomic E-state index is -4.40. The number of halogens is 3. The van der Waals surface area contributed by atoms with Gasteiger partial charge in [0.1, 0.15) is 5.82 Å². The fraction of sp³-hybridized carbons (Fsp3) is 0.391. The van der Waals surface area contributed by atoms with Gasteiger partial charge in [-0.15, -0.1) is 0 Å². The van der Waals surface area contributed by atoms with Gasteiger partial charge in [0.25, 0.3) is 0 Å². The summed E-state index contributed by atoms with van der Waals surface area (Å²) in [4.78, 5) is 20.5. The topological polar surface area (TPSA) is 90.0 Å². The summed E-state index contributed by atoms with van der Waals surface area (Å²) in [6.45, 7) is 0. The standard InChI is InChI=1S/C23H25F3N4O2/c24-23(25,26)15-7-5-14(6-8-15)13-20(21-28-18-3-1-2-4-19(18)29-21)30-22(32)27-16-9-11-17(31)12-10-16/h1-8,16-17,20,31H,9-13H2,(H,28,29)(H2,27,30,32)/t16?,17?,20-/m1/s1. The molecular weight excluding hydrogens is 421 g/mol. The Balaban J connectivity index is 1.52. The molecule has 4 N–H and O–H groups in total. The zero-order valence-corrected chi connectivity index (χ0v) is 17.3. The number of aromatic amines is 1. The third-order valence-corrected chi connectivity index (χ3v) is 5.80. The quantitative estimate of drug-likeness (QED) is 0.466. The first-order chi connectivity index (χ1) is 15.3. The van der Waals surface area contributed by atoms with E-state index < -0.39 is 17.8 Å². The Morgan fingerprint density at radius 3 is 2.44 bits per heavy atom. The molecule has 170 valence electrons. The average molecular weight is 446 g/mol. The molecule has 2 aromatic carbocycles. The second-order valence-corrected chi connectivity index (χ2v) is 8.21. The third kappa shape index (κ3) is 5.40. The second-order valence-electron chi connectivity index (χ2n) is 8.21. The van der Waals surface area contributed by atoms with Crippen LogP contribution in [0.1, 0.15) is 48.7 Å². The lowest BCUT2D eigenvalue weighted by atomic mass is 9.93. The van der Waals surface area contributed by atoms with E-state index in [1.165, 1.54) is 12.1 Å². The number of imidazole rings is 1. The summed E-state index contributed by atoms with van der Waals surface area (Å²) in [7, 11) is 0. The molecule has 0 aliphatic heterocycles. The number of amides is 2. The highest BCUT2D eigenvalue weighted by Gasteiger charge is 2.30. The highest BCUT2D eigenvalue weighted by atomic mass is 19.4. The summed E-state index contributed by atoms with van der Waals surface area (Å²) < 4.78 is 38.7. The number of nitrogens with zero attached hydrogens (tertiary/aromatic N) is 1. The van der Waals surface area contributed by atoms with Crippen molar-refractivity contribution in [3.63, 3.8) is 0 Å². The maximum atomic E-state index is 12.9. The van der Waals surface area contributed by atoms with Crippen LogP contribution in [0.5, 0.6) is 0 Å². The number of alkyl halides is 3. The molecule has 0 spiro atoms. The predicted octanol–water partition coefficient (Wildman–Crippen LogP) is 4.47. The average Bonchev–Trinajstić information content (AvgIpc) is 3.19. The molecule has 1 aliphatic rings. The minimum Gasteiger partial charge on any atom is -0.393 e. The minimum absolute atomic E-state index is 0.0270. The molecule has 1 aromatic heterocycles. The van der Waals surface area contributed by atoms with E-state index in [0.717, 1.165) is 23.2 Å². The van der Waals surface area contributed by atoms with Gasteiger partial charge in [0.2, 0.25) is 0 Å². The van der Waals surface area contributed by atoms with Gasteiger partial charge in [-0.05, 0) is 61.9 Å². The van der Waals surface area contributed by atoms with Crippen molar-refractivity contribution in [2.24, 2.45) is 0 Å². The molecule has 0 unspecified atom stereocenters. The van der Waals surface area contributed by atoms with Crippen LogP contribution in [0.15, 0.2) is 48.5 Å². The van der Waals surface area contributed by atoms with Crippen LogP contribution in [0, 0.1) is 0 Å². The first kappa shape index (κ1) is 22.1. The molecule has 32 heavy (non-hydrogen) atoms. The number of aliphatic hydroxyl groups excluding tert-OH is 1. The van der Waals surface area contributed by atoms with Crippen molar-refractivity contribution in [1.82, 2.24) is 20.6 Å². The number of para-hydroxylation sites is 2. The van der Waals surface area contributed by atoms with E-state index in [0.29, 0.717) is 37.1 Å². The zero-order chi connectivity index (χ0) is 22.7. The van der Waals surface area contributed by atoms with Gasteiger partial charge in [0.15, 0.2) is 0 Å². The smallest absolute Gasteiger partial charge is 0.393 e. The number of hydrogen-bond donors (Lipinski definition) is 4. The van der Waals surface area contributed by atoms with Crippen molar-refractivity contribution in [1.29, 1.82) is 0 Å². The molecule has 0 bridgehead atoms. The molecule has 1 heterocycles. The number of carbonyl (C=O) groups is 1. The van der Waals surface area contributed by atoms with Crippen LogP contribution < -0.4 is 10.6 Å². The number of nitrogens with one attached hydrogen (secondary N) is 3. The van der Waals surface area contributed by atoms with E-state index in [4.69, 9.17) is 0 Å². The summed E-state index contributed by atoms with van der Waals surface area (Å²) in [6, 6.07) is 11.4. The number of rotatable bonds is 5. The van der Waals surface area contributed by atoms with Crippen molar-refractivity contribution in [3.05, 3.63) is 65.5 Å². The van der Waals surface area contributed by atoms with Gasteiger partial charge in [0.05, 0.1) is 28.7 Å². The normalized spacial score (nSPS) is 20.1. The Morgan fingerprint density at radius 2 is 1.78 bits per heavy atom. The Kier molecular flexibility index (Phi) is 6.36. The molecule has 0 saturated heterocycles. The number of fused-ring (bicyclic) bond motifs is 1. The van der Waals surface area contributed by atoms with Gasteiger partial charge in [-0.3, -0.25) is 0 Å². The Labute approximate surface area is 183 Å². The lowest BCUT2D eigenvalue weighted by molar-refractivity contribution is -0.137. The number of benzene rings is 2. The third-order valence-electron chi connectivity index (χ3n) is 5.80. The molecule has 1 fully saturated rings. The lowest BCUT2D eigenvalue weighted by Crippen LogP contribution is -2.45. The van der Waals surface area contributed by atoms with Crippen LogP contribution >= 0.6 is 0 Å². The van der Waals surface area contributed by atoms with Crippen molar-refractivity contribution in [2.75, 3.05) is 0 Å². The fourth-order valence-corrected chi connectivity index (χ4v) is 4.02. The molecule has 9 heteroatoms. The number of aliphatic hydroxyl groups is 1. The lowest BCUT2D eigenvalue weighted by Gasteiger charge is -2.27. The Hall–Kier alpha value is -3.07. The number of hydrogen-bond acceptors (Lipinski definition) is 3. The maximum absolute atomic E-state index is 12.9. The van der Waals surface area contributed by atoms with Gasteiger partial charge in [-0.2, -0.15) is 13.2 Å². The number of aromatic nitrogens is 2. The van der Waals surface area contributed by atoms with E-state index in [1.54, 1.807) is 0 Å². The van der Waals surface area contributed by atoms with Gasteiger partial charge < -0.3 is 20.7 Å². The summed E-state index contributed by atoms with van der Waals surface area (Å²) >= 11 is 0. The first-order valence-corrected chi connectivity index (χ1v) is 10.6. The van der Waals surface area contributed by atoms with Crippen molar-refractivity contribution in [3.8, 4) is 0 Å². The summed E-state index contributed by atoms with van der Waals surface area (Å²) in [5.74, 6) is 0.528. The molecule has 1 atom stereocenters. The van der Waals surface area contributed by atoms with Crippen molar-refractivity contribution in [2.45, 2.75) is 56.5 Å². The monoisotopic (exact) mass is 446 g/mol. The van der Waals surface area contributed by atoms with E-state index >= 15 is 0 Å². The Morgan fingerprint density at radius 1 is 1.09 bits per heavy atom. The van der Waals surface area contributed by atoms with Gasteiger partial charge in [0, 0.05) is 6.04 Å². The van der Waals surface area contributed by atoms with Gasteiger partial charge >= 0.3 is 12.2 Å². The number of H-pyrrole nitrogens is 1. The SMILES string of the molecule is O=C(NC1CCC(O)CC1)N[C@H](Cc1ccc(C(F)(F)F)cc1)c1nc2ccccc2[nH]1. The Bertz CT molecular complexity index is 1020. The van der Waals surface area contributed by atoms with Gasteiger partial charge in [-0.1, -0.05) is 24.3 Å². The van der Waals surface area contributed by atoms with Crippen LogP contribution in [-0.2, 0) is 12.6 Å². The van der Waals surface area contributed by atoms with Crippen LogP contribution in [0.25, 0.3) is 11.0 Å². The van der Waals surface area contributed by atoms with Crippen molar-refractivity contribution >= 4 is 17.1 Å². The van der Waals surface area contributed by atoms with Crippen LogP contribution in [0.2, 0.25) is 0 Å². The predicted molar refractivity (Wildman–Crippen MR) is 114 cm³/mol. The molecule has 2 amide bonds. The molecule has 0 radical (unpaired) electrons. The van der Waals surface area contributed by atoms with Crippen LogP contribution in [-0.4, -0.2) is 33.3 Å². The molecule has 3 aromatic rings. The van der Waals surface area contributed by atoms with Gasteiger partial charge in [-0.25, -0.2) is 9.78 Å². The summed E-state index contributed by atoms with van der Waals surface area (Å²) in [5.41, 5.74) is 1.48. The molecule has 1 saturated carbocycles. The zero-order valence-electron chi connectivity index (χ0n) is 17.3. The molecular formula is C23H25F3N4O2. The first-order valence-electron chi connectivity index (χ1n) is 10.6. The fourth-order valence-electron chi connectivity index (χ4n) is 4.02. The maximum Gasteiger partial charge on any atom is 0.416 e. The number of urea groups is 1. The van der Waals surface area contributed by atoms with E-state index in [2.05, 4.69) is 20.6 Å². The summed E-state index contributed by atoms with van der Waals surface area (Å²) in [5, 5.41) is 15.5. The molecule has 4 rings (SSSR count). The molecule has 6 nitrogen and oxygen atoms in total. The van der Waals surface area contributed by atoms with Crippen LogP contribution in [0.4, 0.5) is 18.0 Å².